The zero-order chi connectivity index (χ0) is 13.0. The Morgan fingerprint density at radius 1 is 1.33 bits per heavy atom. The Kier molecular flexibility index (Phi) is 3.45. The van der Waals surface area contributed by atoms with Crippen LogP contribution in [0.5, 0.6) is 0 Å². The highest BCUT2D eigenvalue weighted by molar-refractivity contribution is 5.99. The lowest BCUT2D eigenvalue weighted by Gasteiger charge is -2.14. The van der Waals surface area contributed by atoms with Crippen molar-refractivity contribution in [2.45, 2.75) is 0 Å². The number of allylic oxidation sites excluding steroid dienone is 2. The van der Waals surface area contributed by atoms with Crippen LogP contribution in [0, 0.1) is 0 Å². The molecule has 0 bridgehead atoms. The maximum absolute atomic E-state index is 11.6. The molecule has 0 spiro atoms. The van der Waals surface area contributed by atoms with E-state index in [9.17, 15) is 4.79 Å². The molecule has 5 nitrogen and oxygen atoms in total. The second-order valence-electron chi connectivity index (χ2n) is 3.74. The highest BCUT2D eigenvalue weighted by atomic mass is 16.2. The lowest BCUT2D eigenvalue weighted by molar-refractivity contribution is -0.117. The molecule has 0 radical (unpaired) electrons. The molecule has 18 heavy (non-hydrogen) atoms. The number of nitrogens with one attached hydrogen (secondary N) is 2. The van der Waals surface area contributed by atoms with Gasteiger partial charge in [-0.15, -0.1) is 0 Å². The van der Waals surface area contributed by atoms with Crippen LogP contribution in [0.1, 0.15) is 5.56 Å². The molecular weight excluding hydrogens is 228 g/mol. The molecule has 0 saturated heterocycles. The van der Waals surface area contributed by atoms with Gasteiger partial charge in [0.15, 0.2) is 0 Å². The first-order valence-electron chi connectivity index (χ1n) is 5.43. The van der Waals surface area contributed by atoms with Crippen LogP contribution in [-0.2, 0) is 4.79 Å². The quantitative estimate of drug-likeness (QED) is 0.265. The van der Waals surface area contributed by atoms with E-state index < -0.39 is 0 Å². The molecule has 0 saturated carbocycles. The van der Waals surface area contributed by atoms with Crippen molar-refractivity contribution in [3.8, 4) is 0 Å². The first kappa shape index (κ1) is 11.9. The summed E-state index contributed by atoms with van der Waals surface area (Å²) in [5.74, 6) is 4.79. The number of carbonyl (C=O) groups excluding carboxylic acids is 1. The van der Waals surface area contributed by atoms with Crippen molar-refractivity contribution in [2.75, 3.05) is 5.73 Å². The van der Waals surface area contributed by atoms with E-state index in [2.05, 4.69) is 10.7 Å². The number of hydrogen-bond donors (Lipinski definition) is 4. The molecule has 0 unspecified atom stereocenters. The normalized spacial score (nSPS) is 16.1. The molecule has 1 aliphatic heterocycles. The van der Waals surface area contributed by atoms with Gasteiger partial charge in [0, 0.05) is 11.9 Å². The summed E-state index contributed by atoms with van der Waals surface area (Å²) in [6.07, 6.45) is 6.96. The van der Waals surface area contributed by atoms with Gasteiger partial charge in [-0.05, 0) is 29.9 Å². The Morgan fingerprint density at radius 3 is 2.83 bits per heavy atom. The van der Waals surface area contributed by atoms with Crippen LogP contribution in [0.25, 0.3) is 6.08 Å². The fourth-order valence-corrected chi connectivity index (χ4v) is 1.64. The zero-order valence-corrected chi connectivity index (χ0v) is 9.68. The van der Waals surface area contributed by atoms with Gasteiger partial charge >= 0.3 is 0 Å². The molecule has 1 heterocycles. The topological polar surface area (TPSA) is 93.2 Å². The van der Waals surface area contributed by atoms with E-state index in [0.29, 0.717) is 17.0 Å². The van der Waals surface area contributed by atoms with Gasteiger partial charge in [0.05, 0.1) is 11.3 Å². The molecule has 1 aliphatic rings. The number of nitrogens with two attached hydrogens (primary N) is 2. The minimum atomic E-state index is -0.354. The average molecular weight is 242 g/mol. The van der Waals surface area contributed by atoms with Crippen LogP contribution in [0.4, 0.5) is 5.69 Å². The zero-order valence-electron chi connectivity index (χ0n) is 9.68. The smallest absolute Gasteiger partial charge is 0.267 e. The standard InChI is InChI=1S/C13H14N4O/c14-11-6-2-1-4-9(11)8-12-10(13(18)17-15)5-3-7-16-12/h1-8,16H,14-15H2,(H,17,18)/b12-8-. The summed E-state index contributed by atoms with van der Waals surface area (Å²) in [7, 11) is 0. The van der Waals surface area contributed by atoms with Gasteiger partial charge in [-0.2, -0.15) is 0 Å². The number of dihydropyridines is 1. The monoisotopic (exact) mass is 242 g/mol. The number of rotatable bonds is 2. The molecule has 1 aromatic rings. The van der Waals surface area contributed by atoms with Gasteiger partial charge in [-0.25, -0.2) is 5.84 Å². The number of benzene rings is 1. The molecule has 0 aromatic heterocycles. The maximum Gasteiger partial charge on any atom is 0.267 e. The molecule has 0 aliphatic carbocycles. The van der Waals surface area contributed by atoms with E-state index in [1.165, 1.54) is 0 Å². The van der Waals surface area contributed by atoms with Gasteiger partial charge in [0.25, 0.3) is 5.91 Å². The summed E-state index contributed by atoms with van der Waals surface area (Å²) in [5, 5.41) is 3.00. The summed E-state index contributed by atoms with van der Waals surface area (Å²) in [6, 6.07) is 7.42. The molecule has 5 heteroatoms. The highest BCUT2D eigenvalue weighted by Gasteiger charge is 2.14. The second-order valence-corrected chi connectivity index (χ2v) is 3.74. The van der Waals surface area contributed by atoms with E-state index in [1.54, 1.807) is 30.5 Å². The molecule has 1 amide bonds. The maximum atomic E-state index is 11.6. The predicted molar refractivity (Wildman–Crippen MR) is 71.5 cm³/mol. The lowest BCUT2D eigenvalue weighted by Crippen LogP contribution is -2.34. The van der Waals surface area contributed by atoms with Crippen LogP contribution >= 0.6 is 0 Å². The predicted octanol–water partition coefficient (Wildman–Crippen LogP) is 0.643. The Morgan fingerprint density at radius 2 is 2.11 bits per heavy atom. The highest BCUT2D eigenvalue weighted by Crippen LogP contribution is 2.19. The summed E-state index contributed by atoms with van der Waals surface area (Å²) in [4.78, 5) is 11.6. The van der Waals surface area contributed by atoms with Crippen molar-refractivity contribution in [1.82, 2.24) is 10.7 Å². The van der Waals surface area contributed by atoms with Crippen LogP contribution in [0.15, 0.2) is 53.9 Å². The molecule has 6 N–H and O–H groups in total. The number of hydrazine groups is 1. The summed E-state index contributed by atoms with van der Waals surface area (Å²) < 4.78 is 0. The van der Waals surface area contributed by atoms with Crippen LogP contribution < -0.4 is 22.3 Å². The minimum absolute atomic E-state index is 0.354. The number of carbonyl (C=O) groups is 1. The fourth-order valence-electron chi connectivity index (χ4n) is 1.64. The largest absolute Gasteiger partial charge is 0.398 e. The van der Waals surface area contributed by atoms with Crippen LogP contribution in [0.2, 0.25) is 0 Å². The van der Waals surface area contributed by atoms with Gasteiger partial charge in [0.1, 0.15) is 0 Å². The van der Waals surface area contributed by atoms with Crippen LogP contribution in [-0.4, -0.2) is 5.91 Å². The number of amides is 1. The molecular formula is C13H14N4O. The van der Waals surface area contributed by atoms with Gasteiger partial charge < -0.3 is 11.1 Å². The van der Waals surface area contributed by atoms with E-state index in [1.807, 2.05) is 18.2 Å². The first-order chi connectivity index (χ1) is 8.72. The van der Waals surface area contributed by atoms with Crippen molar-refractivity contribution < 1.29 is 4.79 Å². The van der Waals surface area contributed by atoms with E-state index in [0.717, 1.165) is 5.56 Å². The number of hydrogen-bond acceptors (Lipinski definition) is 4. The number of para-hydroxylation sites is 1. The number of nitrogen functional groups attached to an aromatic ring is 1. The fraction of sp³-hybridized carbons (Fsp3) is 0. The summed E-state index contributed by atoms with van der Waals surface area (Å²) in [6.45, 7) is 0. The van der Waals surface area contributed by atoms with Crippen molar-refractivity contribution in [1.29, 1.82) is 0 Å². The third-order valence-electron chi connectivity index (χ3n) is 2.56. The molecule has 0 atom stereocenters. The van der Waals surface area contributed by atoms with Crippen LogP contribution in [0.3, 0.4) is 0 Å². The minimum Gasteiger partial charge on any atom is -0.398 e. The Balaban J connectivity index is 2.38. The average Bonchev–Trinajstić information content (AvgIpc) is 2.41. The first-order valence-corrected chi connectivity index (χ1v) is 5.43. The summed E-state index contributed by atoms with van der Waals surface area (Å²) >= 11 is 0. The lowest BCUT2D eigenvalue weighted by atomic mass is 10.1. The SMILES string of the molecule is NNC(=O)C1=CC=CN/C1=C\c1ccccc1N. The Hall–Kier alpha value is -2.53. The molecule has 2 rings (SSSR count). The third-order valence-corrected chi connectivity index (χ3v) is 2.56. The van der Waals surface area contributed by atoms with Crippen molar-refractivity contribution in [3.63, 3.8) is 0 Å². The second kappa shape index (κ2) is 5.20. The van der Waals surface area contributed by atoms with E-state index in [-0.39, 0.29) is 5.91 Å². The molecule has 0 fully saturated rings. The molecule has 92 valence electrons. The van der Waals surface area contributed by atoms with E-state index in [4.69, 9.17) is 11.6 Å². The summed E-state index contributed by atoms with van der Waals surface area (Å²) in [5.41, 5.74) is 10.6. The third kappa shape index (κ3) is 2.41. The Bertz CT molecular complexity index is 558. The van der Waals surface area contributed by atoms with Gasteiger partial charge in [-0.1, -0.05) is 18.2 Å². The van der Waals surface area contributed by atoms with Gasteiger partial charge in [-0.3, -0.25) is 10.2 Å². The Labute approximate surface area is 105 Å². The van der Waals surface area contributed by atoms with Crippen molar-refractivity contribution >= 4 is 17.7 Å². The van der Waals surface area contributed by atoms with Crippen molar-refractivity contribution in [3.05, 3.63) is 59.5 Å². The van der Waals surface area contributed by atoms with E-state index >= 15 is 0 Å². The van der Waals surface area contributed by atoms with Gasteiger partial charge in [0.2, 0.25) is 0 Å². The van der Waals surface area contributed by atoms with Crippen molar-refractivity contribution in [2.24, 2.45) is 5.84 Å². The molecule has 1 aromatic carbocycles. The number of anilines is 1.